The number of amidine groups is 1. The summed E-state index contributed by atoms with van der Waals surface area (Å²) in [6, 6.07) is 0. The van der Waals surface area contributed by atoms with E-state index in [-0.39, 0.29) is 5.91 Å². The van der Waals surface area contributed by atoms with Gasteiger partial charge in [-0.05, 0) is 12.8 Å². The van der Waals surface area contributed by atoms with Crippen LogP contribution in [0.1, 0.15) is 45.4 Å². The van der Waals surface area contributed by atoms with Crippen LogP contribution in [0.2, 0.25) is 0 Å². The van der Waals surface area contributed by atoms with Crippen molar-refractivity contribution in [3.8, 4) is 0 Å². The molecule has 1 aliphatic heterocycles. The number of carbonyl (C=O) groups is 1. The number of amides is 1. The number of nitrogens with one attached hydrogen (secondary N) is 2. The minimum atomic E-state index is 0.0630. The van der Waals surface area contributed by atoms with Gasteiger partial charge >= 0.3 is 0 Å². The predicted octanol–water partition coefficient (Wildman–Crippen LogP) is 1.38. The van der Waals surface area contributed by atoms with Crippen LogP contribution in [0.5, 0.6) is 0 Å². The highest BCUT2D eigenvalue weighted by molar-refractivity contribution is 5.86. The molecule has 0 aliphatic carbocycles. The Morgan fingerprint density at radius 2 is 2.36 bits per heavy atom. The lowest BCUT2D eigenvalue weighted by Crippen LogP contribution is -2.40. The molecule has 2 N–H and O–H groups in total. The van der Waals surface area contributed by atoms with Crippen molar-refractivity contribution < 1.29 is 4.79 Å². The van der Waals surface area contributed by atoms with E-state index in [9.17, 15) is 4.79 Å². The van der Waals surface area contributed by atoms with Crippen molar-refractivity contribution in [1.82, 2.24) is 10.9 Å². The normalized spacial score (nSPS) is 15.1. The third-order valence-electron chi connectivity index (χ3n) is 2.23. The number of hydrogen-bond acceptors (Lipinski definition) is 3. The molecule has 0 saturated heterocycles. The molecule has 0 unspecified atom stereocenters. The Bertz CT molecular complexity index is 213. The van der Waals surface area contributed by atoms with Gasteiger partial charge in [-0.25, -0.2) is 0 Å². The fourth-order valence-electron chi connectivity index (χ4n) is 1.38. The highest BCUT2D eigenvalue weighted by Gasteiger charge is 2.06. The molecule has 1 heterocycles. The third-order valence-corrected chi connectivity index (χ3v) is 2.23. The van der Waals surface area contributed by atoms with Gasteiger partial charge in [0.15, 0.2) is 0 Å². The Hall–Kier alpha value is -1.06. The molecule has 1 amide bonds. The van der Waals surface area contributed by atoms with Crippen LogP contribution in [-0.2, 0) is 4.79 Å². The maximum Gasteiger partial charge on any atom is 0.238 e. The number of carbonyl (C=O) groups excluding carboxylic acids is 1. The first-order valence-electron chi connectivity index (χ1n) is 5.41. The van der Waals surface area contributed by atoms with Gasteiger partial charge in [0, 0.05) is 19.4 Å². The molecule has 14 heavy (non-hydrogen) atoms. The van der Waals surface area contributed by atoms with Gasteiger partial charge in [-0.1, -0.05) is 19.8 Å². The summed E-state index contributed by atoms with van der Waals surface area (Å²) in [6.07, 6.45) is 5.88. The van der Waals surface area contributed by atoms with Crippen molar-refractivity contribution in [2.75, 3.05) is 6.54 Å². The first kappa shape index (κ1) is 11.0. The largest absolute Gasteiger partial charge is 0.286 e. The molecule has 0 radical (unpaired) electrons. The van der Waals surface area contributed by atoms with E-state index in [1.807, 2.05) is 0 Å². The van der Waals surface area contributed by atoms with Gasteiger partial charge in [0.2, 0.25) is 5.91 Å². The van der Waals surface area contributed by atoms with Crippen molar-refractivity contribution in [2.45, 2.75) is 45.4 Å². The molecule has 0 fully saturated rings. The number of hydrazine groups is 1. The zero-order valence-corrected chi connectivity index (χ0v) is 8.81. The summed E-state index contributed by atoms with van der Waals surface area (Å²) in [5.41, 5.74) is 5.52. The molecule has 0 saturated carbocycles. The predicted molar refractivity (Wildman–Crippen MR) is 57.0 cm³/mol. The smallest absolute Gasteiger partial charge is 0.238 e. The Morgan fingerprint density at radius 1 is 1.50 bits per heavy atom. The highest BCUT2D eigenvalue weighted by Crippen LogP contribution is 2.00. The fraction of sp³-hybridized carbons (Fsp3) is 0.800. The van der Waals surface area contributed by atoms with E-state index in [2.05, 4.69) is 22.8 Å². The second kappa shape index (κ2) is 6.40. The fourth-order valence-corrected chi connectivity index (χ4v) is 1.38. The maximum atomic E-state index is 11.2. The van der Waals surface area contributed by atoms with Crippen LogP contribution < -0.4 is 10.9 Å². The van der Waals surface area contributed by atoms with Gasteiger partial charge in [-0.2, -0.15) is 0 Å². The molecule has 4 heteroatoms. The van der Waals surface area contributed by atoms with E-state index in [0.29, 0.717) is 6.42 Å². The summed E-state index contributed by atoms with van der Waals surface area (Å²) in [5, 5.41) is 0. The summed E-state index contributed by atoms with van der Waals surface area (Å²) in [7, 11) is 0. The molecule has 4 nitrogen and oxygen atoms in total. The summed E-state index contributed by atoms with van der Waals surface area (Å²) < 4.78 is 0. The average molecular weight is 197 g/mol. The molecule has 0 bridgehead atoms. The zero-order chi connectivity index (χ0) is 10.2. The number of nitrogens with zero attached hydrogens (tertiary/aromatic N) is 1. The van der Waals surface area contributed by atoms with E-state index in [0.717, 1.165) is 44.5 Å². The molecule has 0 aromatic rings. The van der Waals surface area contributed by atoms with Crippen molar-refractivity contribution in [1.29, 1.82) is 0 Å². The quantitative estimate of drug-likeness (QED) is 0.528. The number of unbranched alkanes of at least 4 members (excludes halogenated alkanes) is 2. The highest BCUT2D eigenvalue weighted by atomic mass is 16.2. The number of aliphatic imine (C=N–C) groups is 1. The second-order valence-electron chi connectivity index (χ2n) is 3.56. The second-order valence-corrected chi connectivity index (χ2v) is 3.56. The molecule has 0 aromatic carbocycles. The Labute approximate surface area is 85.1 Å². The molecular formula is C10H19N3O. The molecule has 0 atom stereocenters. The van der Waals surface area contributed by atoms with Gasteiger partial charge in [0.1, 0.15) is 5.84 Å². The van der Waals surface area contributed by atoms with Crippen molar-refractivity contribution in [2.24, 2.45) is 4.99 Å². The monoisotopic (exact) mass is 197 g/mol. The molecule has 1 aliphatic rings. The number of rotatable bonds is 4. The first-order chi connectivity index (χ1) is 6.83. The third kappa shape index (κ3) is 4.25. The van der Waals surface area contributed by atoms with Crippen LogP contribution in [0.15, 0.2) is 4.99 Å². The molecule has 0 spiro atoms. The van der Waals surface area contributed by atoms with E-state index in [1.165, 1.54) is 0 Å². The van der Waals surface area contributed by atoms with Gasteiger partial charge in [-0.3, -0.25) is 20.6 Å². The van der Waals surface area contributed by atoms with Gasteiger partial charge in [0.25, 0.3) is 0 Å². The van der Waals surface area contributed by atoms with Crippen molar-refractivity contribution in [3.05, 3.63) is 0 Å². The zero-order valence-electron chi connectivity index (χ0n) is 8.81. The van der Waals surface area contributed by atoms with Crippen molar-refractivity contribution >= 4 is 11.7 Å². The topological polar surface area (TPSA) is 53.5 Å². The summed E-state index contributed by atoms with van der Waals surface area (Å²) >= 11 is 0. The first-order valence-corrected chi connectivity index (χ1v) is 5.41. The van der Waals surface area contributed by atoms with Crippen LogP contribution in [0.4, 0.5) is 0 Å². The SMILES string of the molecule is CCCCCC(=O)NNC1=NCCC1. The van der Waals surface area contributed by atoms with Gasteiger partial charge in [0.05, 0.1) is 0 Å². The Balaban J connectivity index is 2.02. The van der Waals surface area contributed by atoms with E-state index in [4.69, 9.17) is 0 Å². The minimum Gasteiger partial charge on any atom is -0.286 e. The Kier molecular flexibility index (Phi) is 5.04. The van der Waals surface area contributed by atoms with E-state index in [1.54, 1.807) is 0 Å². The van der Waals surface area contributed by atoms with Crippen molar-refractivity contribution in [3.63, 3.8) is 0 Å². The lowest BCUT2D eigenvalue weighted by molar-refractivity contribution is -0.121. The lowest BCUT2D eigenvalue weighted by Gasteiger charge is -2.07. The summed E-state index contributed by atoms with van der Waals surface area (Å²) in [6.45, 7) is 3.01. The van der Waals surface area contributed by atoms with Gasteiger partial charge in [-0.15, -0.1) is 0 Å². The van der Waals surface area contributed by atoms with E-state index < -0.39 is 0 Å². The van der Waals surface area contributed by atoms with Crippen LogP contribution >= 0.6 is 0 Å². The van der Waals surface area contributed by atoms with Crippen LogP contribution in [0, 0.1) is 0 Å². The van der Waals surface area contributed by atoms with Crippen LogP contribution in [0.25, 0.3) is 0 Å². The van der Waals surface area contributed by atoms with E-state index >= 15 is 0 Å². The average Bonchev–Trinajstić information content (AvgIpc) is 2.68. The standard InChI is InChI=1S/C10H19N3O/c1-2-3-4-7-10(14)13-12-9-6-5-8-11-9/h2-8H2,1H3,(H,11,12)(H,13,14). The molecule has 80 valence electrons. The minimum absolute atomic E-state index is 0.0630. The molecular weight excluding hydrogens is 178 g/mol. The van der Waals surface area contributed by atoms with Gasteiger partial charge < -0.3 is 0 Å². The lowest BCUT2D eigenvalue weighted by atomic mass is 10.2. The molecule has 1 rings (SSSR count). The maximum absolute atomic E-state index is 11.2. The van der Waals surface area contributed by atoms with Crippen LogP contribution in [-0.4, -0.2) is 18.3 Å². The Morgan fingerprint density at radius 3 is 3.00 bits per heavy atom. The number of hydrogen-bond donors (Lipinski definition) is 2. The van der Waals surface area contributed by atoms with Crippen LogP contribution in [0.3, 0.4) is 0 Å². The molecule has 0 aromatic heterocycles. The summed E-state index contributed by atoms with van der Waals surface area (Å²) in [4.78, 5) is 15.4. The summed E-state index contributed by atoms with van der Waals surface area (Å²) in [5.74, 6) is 0.974.